The van der Waals surface area contributed by atoms with Gasteiger partial charge in [0.2, 0.25) is 5.91 Å². The van der Waals surface area contributed by atoms with E-state index in [1.165, 1.54) is 0 Å². The van der Waals surface area contributed by atoms with E-state index in [9.17, 15) is 14.4 Å². The lowest BCUT2D eigenvalue weighted by Crippen LogP contribution is -2.34. The minimum absolute atomic E-state index is 0.0488. The van der Waals surface area contributed by atoms with E-state index >= 15 is 0 Å². The molecule has 3 aromatic rings. The Morgan fingerprint density at radius 1 is 1.07 bits per heavy atom. The number of aromatic nitrogens is 2. The summed E-state index contributed by atoms with van der Waals surface area (Å²) in [6.45, 7) is 0.875. The number of amides is 2. The highest BCUT2D eigenvalue weighted by Crippen LogP contribution is 2.29. The van der Waals surface area contributed by atoms with Crippen LogP contribution < -0.4 is 11.0 Å². The van der Waals surface area contributed by atoms with Crippen LogP contribution in [-0.2, 0) is 24.9 Å². The molecular weight excluding hydrogens is 380 g/mol. The van der Waals surface area contributed by atoms with Crippen LogP contribution in [0.4, 0.5) is 0 Å². The van der Waals surface area contributed by atoms with Crippen molar-refractivity contribution in [2.75, 3.05) is 7.05 Å². The highest BCUT2D eigenvalue weighted by Gasteiger charge is 2.32. The van der Waals surface area contributed by atoms with E-state index in [1.54, 1.807) is 35.4 Å². The minimum atomic E-state index is -0.128. The predicted octanol–water partition coefficient (Wildman–Crippen LogP) is 2.28. The summed E-state index contributed by atoms with van der Waals surface area (Å²) < 4.78 is 3.29. The number of nitrogens with zero attached hydrogens (tertiary/aromatic N) is 3. The molecule has 1 N–H and O–H groups in total. The van der Waals surface area contributed by atoms with Crippen LogP contribution in [0.1, 0.15) is 35.2 Å². The summed E-state index contributed by atoms with van der Waals surface area (Å²) in [5.74, 6) is -0.0788. The first-order valence-electron chi connectivity index (χ1n) is 10.2. The van der Waals surface area contributed by atoms with Gasteiger partial charge in [-0.05, 0) is 42.7 Å². The van der Waals surface area contributed by atoms with Crippen molar-refractivity contribution in [1.29, 1.82) is 0 Å². The first kappa shape index (κ1) is 19.9. The van der Waals surface area contributed by atoms with Gasteiger partial charge in [0, 0.05) is 45.2 Å². The number of nitrogens with one attached hydrogen (secondary N) is 1. The van der Waals surface area contributed by atoms with Gasteiger partial charge >= 0.3 is 5.69 Å². The van der Waals surface area contributed by atoms with Gasteiger partial charge < -0.3 is 10.2 Å². The summed E-state index contributed by atoms with van der Waals surface area (Å²) in [5.41, 5.74) is 3.20. The molecule has 0 spiro atoms. The normalized spacial score (nSPS) is 13.4. The quantitative estimate of drug-likeness (QED) is 0.654. The van der Waals surface area contributed by atoms with Crippen molar-refractivity contribution in [3.8, 4) is 0 Å². The lowest BCUT2D eigenvalue weighted by atomic mass is 10.1. The zero-order chi connectivity index (χ0) is 21.3. The monoisotopic (exact) mass is 406 g/mol. The lowest BCUT2D eigenvalue weighted by molar-refractivity contribution is -0.132. The molecule has 0 unspecified atom stereocenters. The maximum Gasteiger partial charge on any atom is 0.328 e. The molecule has 0 aliphatic heterocycles. The van der Waals surface area contributed by atoms with Gasteiger partial charge in [0.25, 0.3) is 5.91 Å². The highest BCUT2D eigenvalue weighted by molar-refractivity contribution is 5.93. The summed E-state index contributed by atoms with van der Waals surface area (Å²) in [7, 11) is 3.35. The van der Waals surface area contributed by atoms with Crippen LogP contribution in [0.25, 0.3) is 11.0 Å². The fourth-order valence-corrected chi connectivity index (χ4v) is 3.84. The molecule has 4 rings (SSSR count). The molecular formula is C23H26N4O3. The van der Waals surface area contributed by atoms with Crippen LogP contribution in [0.5, 0.6) is 0 Å². The molecule has 0 atom stereocenters. The Kier molecular flexibility index (Phi) is 5.44. The van der Waals surface area contributed by atoms with Gasteiger partial charge in [0.15, 0.2) is 0 Å². The molecule has 1 saturated carbocycles. The Morgan fingerprint density at radius 3 is 2.37 bits per heavy atom. The second-order valence-corrected chi connectivity index (χ2v) is 7.76. The van der Waals surface area contributed by atoms with Crippen LogP contribution in [0.2, 0.25) is 0 Å². The number of aryl methyl sites for hydroxylation is 2. The standard InChI is InChI=1S/C23H26N4O3/c1-24-22(29)17-9-7-16(8-10-17)15-27(18-11-12-18)21(28)13-14-26-20-6-4-3-5-19(20)25(2)23(26)30/h3-10,18H,11-15H2,1-2H3,(H,24,29). The number of carbonyl (C=O) groups is 2. The van der Waals surface area contributed by atoms with Crippen molar-refractivity contribution in [2.45, 2.75) is 38.4 Å². The molecule has 1 aliphatic rings. The van der Waals surface area contributed by atoms with E-state index in [4.69, 9.17) is 0 Å². The van der Waals surface area contributed by atoms with E-state index < -0.39 is 0 Å². The molecule has 0 radical (unpaired) electrons. The Balaban J connectivity index is 1.47. The molecule has 2 amide bonds. The third-order valence-electron chi connectivity index (χ3n) is 5.71. The van der Waals surface area contributed by atoms with Gasteiger partial charge in [-0.3, -0.25) is 18.7 Å². The highest BCUT2D eigenvalue weighted by atomic mass is 16.2. The zero-order valence-electron chi connectivity index (χ0n) is 17.3. The van der Waals surface area contributed by atoms with Gasteiger partial charge in [-0.25, -0.2) is 4.79 Å². The Bertz CT molecular complexity index is 1140. The maximum absolute atomic E-state index is 13.0. The minimum Gasteiger partial charge on any atom is -0.355 e. The van der Waals surface area contributed by atoms with Crippen LogP contribution in [0.15, 0.2) is 53.3 Å². The van der Waals surface area contributed by atoms with Crippen molar-refractivity contribution in [2.24, 2.45) is 7.05 Å². The molecule has 0 bridgehead atoms. The molecule has 1 aromatic heterocycles. The summed E-state index contributed by atoms with van der Waals surface area (Å²) >= 11 is 0. The first-order valence-corrected chi connectivity index (χ1v) is 10.2. The molecule has 1 heterocycles. The van der Waals surface area contributed by atoms with Crippen LogP contribution in [0.3, 0.4) is 0 Å². The molecule has 156 valence electrons. The fourth-order valence-electron chi connectivity index (χ4n) is 3.84. The predicted molar refractivity (Wildman–Crippen MR) is 115 cm³/mol. The van der Waals surface area contributed by atoms with Crippen molar-refractivity contribution in [3.63, 3.8) is 0 Å². The van der Waals surface area contributed by atoms with Gasteiger partial charge in [0.05, 0.1) is 11.0 Å². The van der Waals surface area contributed by atoms with E-state index in [0.29, 0.717) is 18.7 Å². The van der Waals surface area contributed by atoms with Gasteiger partial charge in [-0.15, -0.1) is 0 Å². The number of hydrogen-bond donors (Lipinski definition) is 1. The smallest absolute Gasteiger partial charge is 0.328 e. The van der Waals surface area contributed by atoms with Gasteiger partial charge in [0.1, 0.15) is 0 Å². The molecule has 1 aliphatic carbocycles. The average Bonchev–Trinajstić information content (AvgIpc) is 3.58. The number of fused-ring (bicyclic) bond motifs is 1. The van der Waals surface area contributed by atoms with Crippen molar-refractivity contribution in [1.82, 2.24) is 19.4 Å². The number of rotatable bonds is 7. The topological polar surface area (TPSA) is 76.3 Å². The zero-order valence-corrected chi connectivity index (χ0v) is 17.3. The number of para-hydroxylation sites is 2. The number of hydrogen-bond acceptors (Lipinski definition) is 3. The Labute approximate surface area is 174 Å². The summed E-state index contributed by atoms with van der Waals surface area (Å²) in [5, 5.41) is 2.61. The van der Waals surface area contributed by atoms with Crippen LogP contribution in [0, 0.1) is 0 Å². The third kappa shape index (κ3) is 3.87. The summed E-state index contributed by atoms with van der Waals surface area (Å²) in [6, 6.07) is 15.2. The Hall–Kier alpha value is -3.35. The van der Waals surface area contributed by atoms with Crippen molar-refractivity contribution in [3.05, 3.63) is 70.1 Å². The van der Waals surface area contributed by atoms with E-state index in [1.807, 2.05) is 41.3 Å². The van der Waals surface area contributed by atoms with Crippen molar-refractivity contribution >= 4 is 22.8 Å². The average molecular weight is 406 g/mol. The first-order chi connectivity index (χ1) is 14.5. The molecule has 7 heteroatoms. The SMILES string of the molecule is CNC(=O)c1ccc(CN(C(=O)CCn2c(=O)n(C)c3ccccc32)C2CC2)cc1. The largest absolute Gasteiger partial charge is 0.355 e. The van der Waals surface area contributed by atoms with E-state index in [-0.39, 0.29) is 30.0 Å². The molecule has 2 aromatic carbocycles. The van der Waals surface area contributed by atoms with Crippen molar-refractivity contribution < 1.29 is 9.59 Å². The second-order valence-electron chi connectivity index (χ2n) is 7.76. The number of carbonyl (C=O) groups excluding carboxylic acids is 2. The molecule has 1 fully saturated rings. The van der Waals surface area contributed by atoms with E-state index in [2.05, 4.69) is 5.32 Å². The van der Waals surface area contributed by atoms with Crippen LogP contribution >= 0.6 is 0 Å². The maximum atomic E-state index is 13.0. The molecule has 7 nitrogen and oxygen atoms in total. The summed E-state index contributed by atoms with van der Waals surface area (Å²) in [4.78, 5) is 39.2. The summed E-state index contributed by atoms with van der Waals surface area (Å²) in [6.07, 6.45) is 2.30. The third-order valence-corrected chi connectivity index (χ3v) is 5.71. The lowest BCUT2D eigenvalue weighted by Gasteiger charge is -2.23. The fraction of sp³-hybridized carbons (Fsp3) is 0.348. The van der Waals surface area contributed by atoms with E-state index in [0.717, 1.165) is 29.4 Å². The molecule has 30 heavy (non-hydrogen) atoms. The number of benzene rings is 2. The Morgan fingerprint density at radius 2 is 1.73 bits per heavy atom. The number of imidazole rings is 1. The van der Waals surface area contributed by atoms with Gasteiger partial charge in [-0.1, -0.05) is 24.3 Å². The second kappa shape index (κ2) is 8.18. The van der Waals surface area contributed by atoms with Gasteiger partial charge in [-0.2, -0.15) is 0 Å². The molecule has 0 saturated heterocycles. The van der Waals surface area contributed by atoms with Crippen LogP contribution in [-0.4, -0.2) is 38.9 Å².